The average Bonchev–Trinajstić information content (AvgIpc) is 2.69. The predicted octanol–water partition coefficient (Wildman–Crippen LogP) is 2.63. The Kier molecular flexibility index (Phi) is 6.00. The van der Waals surface area contributed by atoms with E-state index in [4.69, 9.17) is 0 Å². The van der Waals surface area contributed by atoms with Gasteiger partial charge in [-0.1, -0.05) is 12.7 Å². The summed E-state index contributed by atoms with van der Waals surface area (Å²) >= 11 is 0. The lowest BCUT2D eigenvalue weighted by molar-refractivity contribution is 0.335. The highest BCUT2D eigenvalue weighted by Crippen LogP contribution is 2.08. The summed E-state index contributed by atoms with van der Waals surface area (Å²) in [5.41, 5.74) is 0. The van der Waals surface area contributed by atoms with Crippen molar-refractivity contribution >= 4 is 6.21 Å². The Morgan fingerprint density at radius 1 is 1.29 bits per heavy atom. The Bertz CT molecular complexity index is 200. The van der Waals surface area contributed by atoms with Gasteiger partial charge < -0.3 is 4.90 Å². The van der Waals surface area contributed by atoms with Gasteiger partial charge in [0.15, 0.2) is 0 Å². The zero-order valence-electron chi connectivity index (χ0n) is 8.86. The molecule has 2 heteroatoms. The maximum absolute atomic E-state index is 3.89. The molecule has 0 N–H and O–H groups in total. The Morgan fingerprint density at radius 2 is 2.07 bits per heavy atom. The second-order valence-electron chi connectivity index (χ2n) is 3.60. The van der Waals surface area contributed by atoms with E-state index in [1.54, 1.807) is 12.4 Å². The largest absolute Gasteiger partial charge is 0.303 e. The van der Waals surface area contributed by atoms with Gasteiger partial charge in [-0.2, -0.15) is 0 Å². The van der Waals surface area contributed by atoms with Crippen molar-refractivity contribution in [2.45, 2.75) is 25.7 Å². The van der Waals surface area contributed by atoms with Crippen LogP contribution in [0.25, 0.3) is 0 Å². The van der Waals surface area contributed by atoms with Crippen molar-refractivity contribution in [2.75, 3.05) is 19.6 Å². The van der Waals surface area contributed by atoms with Crippen molar-refractivity contribution < 1.29 is 0 Å². The fourth-order valence-corrected chi connectivity index (χ4v) is 1.71. The highest BCUT2D eigenvalue weighted by Gasteiger charge is 2.09. The van der Waals surface area contributed by atoms with E-state index in [0.29, 0.717) is 0 Å². The summed E-state index contributed by atoms with van der Waals surface area (Å²) in [5.74, 6) is 0. The Morgan fingerprint density at radius 3 is 2.79 bits per heavy atom. The summed E-state index contributed by atoms with van der Waals surface area (Å²) in [7, 11) is 0. The number of allylic oxidation sites excluding steroid dienone is 2. The van der Waals surface area contributed by atoms with E-state index in [2.05, 4.69) is 22.5 Å². The van der Waals surface area contributed by atoms with Gasteiger partial charge in [0, 0.05) is 12.4 Å². The molecule has 0 radical (unpaired) electrons. The van der Waals surface area contributed by atoms with E-state index in [1.165, 1.54) is 38.9 Å². The molecule has 0 spiro atoms. The van der Waals surface area contributed by atoms with E-state index in [-0.39, 0.29) is 0 Å². The lowest BCUT2D eigenvalue weighted by Crippen LogP contribution is -2.19. The van der Waals surface area contributed by atoms with Crippen molar-refractivity contribution in [1.29, 1.82) is 0 Å². The van der Waals surface area contributed by atoms with E-state index in [9.17, 15) is 0 Å². The van der Waals surface area contributed by atoms with Crippen molar-refractivity contribution in [1.82, 2.24) is 4.90 Å². The van der Waals surface area contributed by atoms with Crippen LogP contribution in [0.15, 0.2) is 29.9 Å². The molecule has 1 saturated heterocycles. The van der Waals surface area contributed by atoms with E-state index >= 15 is 0 Å². The van der Waals surface area contributed by atoms with Crippen LogP contribution in [0.5, 0.6) is 0 Å². The molecule has 0 aliphatic carbocycles. The first kappa shape index (κ1) is 11.2. The smallest absolute Gasteiger partial charge is 0.0264 e. The number of unbranched alkanes of at least 4 members (excludes halogenated alkanes) is 1. The van der Waals surface area contributed by atoms with Crippen LogP contribution in [0.1, 0.15) is 25.7 Å². The maximum atomic E-state index is 3.89. The maximum Gasteiger partial charge on any atom is 0.0264 e. The van der Waals surface area contributed by atoms with Gasteiger partial charge in [0.05, 0.1) is 0 Å². The molecule has 0 amide bonds. The van der Waals surface area contributed by atoms with Gasteiger partial charge in [0.2, 0.25) is 0 Å². The third-order valence-electron chi connectivity index (χ3n) is 2.46. The number of hydrogen-bond acceptors (Lipinski definition) is 2. The van der Waals surface area contributed by atoms with Crippen LogP contribution in [-0.4, -0.2) is 30.7 Å². The third-order valence-corrected chi connectivity index (χ3v) is 2.46. The standard InChI is InChI=1S/C12H20N2/c1-2-13-9-5-3-4-6-10-14-11-7-8-12-14/h2-3,5,9H,1,4,6-8,10-12H2/b5-3+,13-9?. The third kappa shape index (κ3) is 4.97. The minimum Gasteiger partial charge on any atom is -0.303 e. The van der Waals surface area contributed by atoms with Gasteiger partial charge in [0.1, 0.15) is 0 Å². The monoisotopic (exact) mass is 192 g/mol. The molecule has 1 aliphatic rings. The van der Waals surface area contributed by atoms with Gasteiger partial charge >= 0.3 is 0 Å². The summed E-state index contributed by atoms with van der Waals surface area (Å²) in [6.07, 6.45) is 12.7. The first-order valence-electron chi connectivity index (χ1n) is 5.45. The number of hydrogen-bond donors (Lipinski definition) is 0. The first-order valence-corrected chi connectivity index (χ1v) is 5.45. The number of aliphatic imine (C=N–C) groups is 1. The van der Waals surface area contributed by atoms with Crippen LogP contribution in [0.2, 0.25) is 0 Å². The van der Waals surface area contributed by atoms with Gasteiger partial charge in [-0.25, -0.2) is 0 Å². The van der Waals surface area contributed by atoms with Crippen molar-refractivity contribution in [2.24, 2.45) is 4.99 Å². The molecule has 0 saturated carbocycles. The van der Waals surface area contributed by atoms with Gasteiger partial charge in [-0.3, -0.25) is 4.99 Å². The van der Waals surface area contributed by atoms with Crippen LogP contribution in [0, 0.1) is 0 Å². The lowest BCUT2D eigenvalue weighted by Gasteiger charge is -2.12. The minimum atomic E-state index is 1.15. The molecule has 0 atom stereocenters. The molecule has 0 aromatic rings. The fourth-order valence-electron chi connectivity index (χ4n) is 1.71. The van der Waals surface area contributed by atoms with Gasteiger partial charge in [-0.05, 0) is 51.4 Å². The zero-order chi connectivity index (χ0) is 10.1. The summed E-state index contributed by atoms with van der Waals surface area (Å²) in [6.45, 7) is 7.38. The van der Waals surface area contributed by atoms with Crippen LogP contribution in [0.3, 0.4) is 0 Å². The molecule has 0 unspecified atom stereocenters. The summed E-state index contributed by atoms with van der Waals surface area (Å²) in [5, 5.41) is 0. The highest BCUT2D eigenvalue weighted by atomic mass is 15.1. The Labute approximate surface area is 87.0 Å². The molecule has 1 fully saturated rings. The Hall–Kier alpha value is -0.890. The highest BCUT2D eigenvalue weighted by molar-refractivity contribution is 5.71. The number of likely N-dealkylation sites (tertiary alicyclic amines) is 1. The zero-order valence-corrected chi connectivity index (χ0v) is 8.86. The summed E-state index contributed by atoms with van der Waals surface area (Å²) in [4.78, 5) is 6.44. The van der Waals surface area contributed by atoms with E-state index in [0.717, 1.165) is 6.42 Å². The quantitative estimate of drug-likeness (QED) is 0.466. The SMILES string of the molecule is C=CN=C/C=C/CCCN1CCCC1. The van der Waals surface area contributed by atoms with Crippen molar-refractivity contribution in [3.63, 3.8) is 0 Å². The van der Waals surface area contributed by atoms with Crippen LogP contribution < -0.4 is 0 Å². The van der Waals surface area contributed by atoms with E-state index in [1.807, 2.05) is 6.08 Å². The molecule has 0 aromatic heterocycles. The molecule has 0 aromatic carbocycles. The molecule has 0 bridgehead atoms. The molecule has 1 aliphatic heterocycles. The van der Waals surface area contributed by atoms with Gasteiger partial charge in [-0.15, -0.1) is 0 Å². The number of nitrogens with zero attached hydrogens (tertiary/aromatic N) is 2. The first-order chi connectivity index (χ1) is 6.93. The molecular formula is C12H20N2. The van der Waals surface area contributed by atoms with E-state index < -0.39 is 0 Å². The van der Waals surface area contributed by atoms with Crippen LogP contribution in [-0.2, 0) is 0 Å². The average molecular weight is 192 g/mol. The molecule has 78 valence electrons. The normalized spacial score (nSPS) is 18.6. The van der Waals surface area contributed by atoms with Crippen LogP contribution >= 0.6 is 0 Å². The second-order valence-corrected chi connectivity index (χ2v) is 3.60. The molecule has 2 nitrogen and oxygen atoms in total. The predicted molar refractivity (Wildman–Crippen MR) is 62.7 cm³/mol. The summed E-state index contributed by atoms with van der Waals surface area (Å²) in [6, 6.07) is 0. The molecule has 1 heterocycles. The minimum absolute atomic E-state index is 1.15. The van der Waals surface area contributed by atoms with Crippen LogP contribution in [0.4, 0.5) is 0 Å². The van der Waals surface area contributed by atoms with Gasteiger partial charge in [0.25, 0.3) is 0 Å². The van der Waals surface area contributed by atoms with Crippen molar-refractivity contribution in [3.05, 3.63) is 24.9 Å². The summed E-state index contributed by atoms with van der Waals surface area (Å²) < 4.78 is 0. The second kappa shape index (κ2) is 7.51. The molecule has 14 heavy (non-hydrogen) atoms. The molecule has 1 rings (SSSR count). The lowest BCUT2D eigenvalue weighted by atomic mass is 10.3. The Balaban J connectivity index is 1.95. The van der Waals surface area contributed by atoms with Crippen molar-refractivity contribution in [3.8, 4) is 0 Å². The topological polar surface area (TPSA) is 15.6 Å². The molecular weight excluding hydrogens is 172 g/mol. The fraction of sp³-hybridized carbons (Fsp3) is 0.583. The number of rotatable bonds is 6.